The van der Waals surface area contributed by atoms with E-state index in [1.54, 1.807) is 7.11 Å². The zero-order valence-corrected chi connectivity index (χ0v) is 11.0. The summed E-state index contributed by atoms with van der Waals surface area (Å²) in [6.07, 6.45) is 3.29. The SMILES string of the molecule is C=C(C)CCC(CC(C)(C)OC)NCC. The average Bonchev–Trinajstić information content (AvgIpc) is 2.14. The largest absolute Gasteiger partial charge is 0.379 e. The first-order chi connectivity index (χ1) is 6.91. The van der Waals surface area contributed by atoms with Crippen molar-refractivity contribution in [3.8, 4) is 0 Å². The summed E-state index contributed by atoms with van der Waals surface area (Å²) in [6, 6.07) is 0.529. The van der Waals surface area contributed by atoms with Crippen molar-refractivity contribution in [1.82, 2.24) is 5.32 Å². The number of allylic oxidation sites excluding steroid dienone is 1. The second-order valence-electron chi connectivity index (χ2n) is 4.92. The molecule has 1 N–H and O–H groups in total. The molecule has 0 aromatic carbocycles. The van der Waals surface area contributed by atoms with E-state index < -0.39 is 0 Å². The number of rotatable bonds is 8. The molecular weight excluding hydrogens is 186 g/mol. The van der Waals surface area contributed by atoms with Gasteiger partial charge in [-0.3, -0.25) is 0 Å². The van der Waals surface area contributed by atoms with Crippen molar-refractivity contribution in [2.75, 3.05) is 13.7 Å². The van der Waals surface area contributed by atoms with Crippen molar-refractivity contribution in [3.63, 3.8) is 0 Å². The lowest BCUT2D eigenvalue weighted by Crippen LogP contribution is -2.37. The molecule has 1 unspecified atom stereocenters. The lowest BCUT2D eigenvalue weighted by molar-refractivity contribution is 0.00656. The highest BCUT2D eigenvalue weighted by molar-refractivity contribution is 4.90. The number of nitrogens with one attached hydrogen (secondary N) is 1. The minimum absolute atomic E-state index is 0.0398. The van der Waals surface area contributed by atoms with Crippen molar-refractivity contribution < 1.29 is 4.74 Å². The number of hydrogen-bond donors (Lipinski definition) is 1. The van der Waals surface area contributed by atoms with Crippen LogP contribution in [0.2, 0.25) is 0 Å². The summed E-state index contributed by atoms with van der Waals surface area (Å²) >= 11 is 0. The van der Waals surface area contributed by atoms with E-state index in [-0.39, 0.29) is 5.60 Å². The van der Waals surface area contributed by atoms with Gasteiger partial charge in [-0.2, -0.15) is 0 Å². The van der Waals surface area contributed by atoms with Gasteiger partial charge in [-0.15, -0.1) is 6.58 Å². The fraction of sp³-hybridized carbons (Fsp3) is 0.846. The smallest absolute Gasteiger partial charge is 0.0637 e. The average molecular weight is 213 g/mol. The van der Waals surface area contributed by atoms with Crippen LogP contribution in [0, 0.1) is 0 Å². The minimum atomic E-state index is -0.0398. The predicted octanol–water partition coefficient (Wildman–Crippen LogP) is 3.14. The molecule has 0 saturated heterocycles. The van der Waals surface area contributed by atoms with Crippen LogP contribution in [0.4, 0.5) is 0 Å². The summed E-state index contributed by atoms with van der Waals surface area (Å²) in [5.41, 5.74) is 1.22. The van der Waals surface area contributed by atoms with Crippen LogP contribution in [-0.2, 0) is 4.74 Å². The molecule has 0 aromatic heterocycles. The molecule has 0 amide bonds. The van der Waals surface area contributed by atoms with Gasteiger partial charge in [0, 0.05) is 13.2 Å². The molecule has 0 aliphatic carbocycles. The summed E-state index contributed by atoms with van der Waals surface area (Å²) in [4.78, 5) is 0. The zero-order chi connectivity index (χ0) is 11.9. The number of ether oxygens (including phenoxy) is 1. The predicted molar refractivity (Wildman–Crippen MR) is 67.2 cm³/mol. The van der Waals surface area contributed by atoms with E-state index in [2.05, 4.69) is 39.6 Å². The lowest BCUT2D eigenvalue weighted by atomic mass is 9.94. The maximum Gasteiger partial charge on any atom is 0.0637 e. The summed E-state index contributed by atoms with van der Waals surface area (Å²) in [6.45, 7) is 13.5. The van der Waals surface area contributed by atoms with Gasteiger partial charge in [-0.1, -0.05) is 12.5 Å². The highest BCUT2D eigenvalue weighted by atomic mass is 16.5. The van der Waals surface area contributed by atoms with Crippen molar-refractivity contribution in [2.24, 2.45) is 0 Å². The zero-order valence-electron chi connectivity index (χ0n) is 11.0. The molecule has 0 bridgehead atoms. The van der Waals surface area contributed by atoms with Crippen LogP contribution >= 0.6 is 0 Å². The number of methoxy groups -OCH3 is 1. The Morgan fingerprint density at radius 2 is 2.07 bits per heavy atom. The van der Waals surface area contributed by atoms with Gasteiger partial charge in [0.25, 0.3) is 0 Å². The van der Waals surface area contributed by atoms with Gasteiger partial charge in [0.1, 0.15) is 0 Å². The molecule has 0 fully saturated rings. The van der Waals surface area contributed by atoms with Gasteiger partial charge in [-0.25, -0.2) is 0 Å². The molecule has 0 heterocycles. The molecule has 90 valence electrons. The lowest BCUT2D eigenvalue weighted by Gasteiger charge is -2.29. The fourth-order valence-electron chi connectivity index (χ4n) is 1.66. The molecule has 0 aliphatic heterocycles. The first kappa shape index (κ1) is 14.7. The van der Waals surface area contributed by atoms with Gasteiger partial charge in [-0.05, 0) is 46.6 Å². The Kier molecular flexibility index (Phi) is 6.86. The van der Waals surface area contributed by atoms with Crippen LogP contribution in [0.25, 0.3) is 0 Å². The Hall–Kier alpha value is -0.340. The first-order valence-corrected chi connectivity index (χ1v) is 5.84. The standard InChI is InChI=1S/C13H27NO/c1-7-14-12(9-8-11(2)3)10-13(4,5)15-6/h12,14H,2,7-10H2,1,3-6H3. The van der Waals surface area contributed by atoms with E-state index in [0.29, 0.717) is 6.04 Å². The van der Waals surface area contributed by atoms with Gasteiger partial charge in [0.2, 0.25) is 0 Å². The minimum Gasteiger partial charge on any atom is -0.379 e. The summed E-state index contributed by atoms with van der Waals surface area (Å²) in [5, 5.41) is 3.51. The molecular formula is C13H27NO. The number of hydrogen-bond acceptors (Lipinski definition) is 2. The Bertz CT molecular complexity index is 187. The maximum absolute atomic E-state index is 5.46. The molecule has 0 saturated carbocycles. The molecule has 0 aliphatic rings. The Labute approximate surface area is 95.1 Å². The normalized spacial score (nSPS) is 13.9. The molecule has 0 spiro atoms. The highest BCUT2D eigenvalue weighted by Gasteiger charge is 2.21. The monoisotopic (exact) mass is 213 g/mol. The first-order valence-electron chi connectivity index (χ1n) is 5.84. The van der Waals surface area contributed by atoms with E-state index in [9.17, 15) is 0 Å². The third-order valence-corrected chi connectivity index (χ3v) is 2.70. The fourth-order valence-corrected chi connectivity index (χ4v) is 1.66. The highest BCUT2D eigenvalue weighted by Crippen LogP contribution is 2.19. The van der Waals surface area contributed by atoms with Crippen LogP contribution in [0.3, 0.4) is 0 Å². The van der Waals surface area contributed by atoms with Crippen LogP contribution in [-0.4, -0.2) is 25.3 Å². The van der Waals surface area contributed by atoms with Gasteiger partial charge >= 0.3 is 0 Å². The van der Waals surface area contributed by atoms with Crippen LogP contribution in [0.1, 0.15) is 47.0 Å². The van der Waals surface area contributed by atoms with Crippen molar-refractivity contribution in [1.29, 1.82) is 0 Å². The van der Waals surface area contributed by atoms with Crippen LogP contribution in [0.15, 0.2) is 12.2 Å². The van der Waals surface area contributed by atoms with Crippen molar-refractivity contribution >= 4 is 0 Å². The van der Waals surface area contributed by atoms with E-state index in [1.807, 2.05) is 0 Å². The van der Waals surface area contributed by atoms with E-state index in [1.165, 1.54) is 5.57 Å². The van der Waals surface area contributed by atoms with Gasteiger partial charge in [0.05, 0.1) is 5.60 Å². The molecule has 0 radical (unpaired) electrons. The molecule has 1 atom stereocenters. The van der Waals surface area contributed by atoms with Crippen LogP contribution < -0.4 is 5.32 Å². The topological polar surface area (TPSA) is 21.3 Å². The van der Waals surface area contributed by atoms with E-state index >= 15 is 0 Å². The third-order valence-electron chi connectivity index (χ3n) is 2.70. The molecule has 15 heavy (non-hydrogen) atoms. The summed E-state index contributed by atoms with van der Waals surface area (Å²) in [7, 11) is 1.78. The van der Waals surface area contributed by atoms with E-state index in [4.69, 9.17) is 4.74 Å². The van der Waals surface area contributed by atoms with Crippen molar-refractivity contribution in [2.45, 2.75) is 58.6 Å². The summed E-state index contributed by atoms with van der Waals surface area (Å²) < 4.78 is 5.46. The molecule has 0 aromatic rings. The van der Waals surface area contributed by atoms with Crippen molar-refractivity contribution in [3.05, 3.63) is 12.2 Å². The summed E-state index contributed by atoms with van der Waals surface area (Å²) in [5.74, 6) is 0. The second-order valence-corrected chi connectivity index (χ2v) is 4.92. The molecule has 2 nitrogen and oxygen atoms in total. The second kappa shape index (κ2) is 7.02. The van der Waals surface area contributed by atoms with E-state index in [0.717, 1.165) is 25.8 Å². The Morgan fingerprint density at radius 1 is 1.47 bits per heavy atom. The molecule has 0 rings (SSSR count). The Balaban J connectivity index is 4.08. The van der Waals surface area contributed by atoms with Gasteiger partial charge in [0.15, 0.2) is 0 Å². The van der Waals surface area contributed by atoms with Crippen LogP contribution in [0.5, 0.6) is 0 Å². The maximum atomic E-state index is 5.46. The Morgan fingerprint density at radius 3 is 2.47 bits per heavy atom. The third kappa shape index (κ3) is 7.57. The quantitative estimate of drug-likeness (QED) is 0.625. The van der Waals surface area contributed by atoms with Gasteiger partial charge < -0.3 is 10.1 Å². The molecule has 2 heteroatoms.